The lowest BCUT2D eigenvalue weighted by molar-refractivity contribution is -0.120. The average molecular weight is 442 g/mol. The number of nitrogens with one attached hydrogen (secondary N) is 1. The molecule has 5 nitrogen and oxygen atoms in total. The minimum atomic E-state index is -0.0137. The number of nitrogens with zero attached hydrogens (tertiary/aromatic N) is 2. The minimum absolute atomic E-state index is 0.00914. The van der Waals surface area contributed by atoms with E-state index in [4.69, 9.17) is 0 Å². The van der Waals surface area contributed by atoms with Crippen molar-refractivity contribution in [3.8, 4) is 11.1 Å². The van der Waals surface area contributed by atoms with E-state index in [9.17, 15) is 9.59 Å². The van der Waals surface area contributed by atoms with Gasteiger partial charge in [0.05, 0.1) is 0 Å². The monoisotopic (exact) mass is 441 g/mol. The summed E-state index contributed by atoms with van der Waals surface area (Å²) in [6.45, 7) is 6.23. The molecule has 3 aromatic carbocycles. The highest BCUT2D eigenvalue weighted by atomic mass is 16.2. The van der Waals surface area contributed by atoms with Crippen molar-refractivity contribution in [2.24, 2.45) is 0 Å². The minimum Gasteiger partial charge on any atom is -0.354 e. The van der Waals surface area contributed by atoms with Crippen molar-refractivity contribution in [1.82, 2.24) is 15.1 Å². The van der Waals surface area contributed by atoms with E-state index >= 15 is 0 Å². The summed E-state index contributed by atoms with van der Waals surface area (Å²) >= 11 is 0. The predicted molar refractivity (Wildman–Crippen MR) is 132 cm³/mol. The van der Waals surface area contributed by atoms with Crippen LogP contribution in [-0.4, -0.2) is 54.3 Å². The first kappa shape index (κ1) is 21.7. The summed E-state index contributed by atoms with van der Waals surface area (Å²) in [5.74, 6) is -0.00457. The summed E-state index contributed by atoms with van der Waals surface area (Å²) in [4.78, 5) is 28.9. The van der Waals surface area contributed by atoms with Crippen molar-refractivity contribution in [3.63, 3.8) is 0 Å². The highest BCUT2D eigenvalue weighted by Crippen LogP contribution is 2.29. The van der Waals surface area contributed by atoms with Gasteiger partial charge in [-0.25, -0.2) is 0 Å². The molecule has 0 radical (unpaired) electrons. The van der Waals surface area contributed by atoms with Crippen molar-refractivity contribution in [2.75, 3.05) is 32.7 Å². The van der Waals surface area contributed by atoms with Gasteiger partial charge in [-0.2, -0.15) is 0 Å². The first-order valence-electron chi connectivity index (χ1n) is 12.0. The Morgan fingerprint density at radius 1 is 0.848 bits per heavy atom. The molecule has 1 N–H and O–H groups in total. The number of fused-ring (bicyclic) bond motifs is 1. The van der Waals surface area contributed by atoms with Gasteiger partial charge in [0.25, 0.3) is 5.91 Å². The van der Waals surface area contributed by atoms with Crippen LogP contribution in [0, 0.1) is 0 Å². The SMILES string of the molecule is CC(c1ccc(-c2ccc3cc(C(=O)N4CCNC(=O)CC4)ccc3c2)cc1)N1CCCC1. The van der Waals surface area contributed by atoms with E-state index in [1.165, 1.54) is 42.6 Å². The largest absolute Gasteiger partial charge is 0.354 e. The van der Waals surface area contributed by atoms with Gasteiger partial charge in [0, 0.05) is 37.7 Å². The summed E-state index contributed by atoms with van der Waals surface area (Å²) in [5, 5.41) is 4.99. The van der Waals surface area contributed by atoms with Gasteiger partial charge in [-0.05, 0) is 78.5 Å². The topological polar surface area (TPSA) is 52.7 Å². The number of hydrogen-bond acceptors (Lipinski definition) is 3. The standard InChI is InChI=1S/C28H31N3O2/c1-20(30-14-2-3-15-30)21-4-6-22(7-5-21)23-8-9-25-19-26(11-10-24(25)18-23)28(33)31-16-12-27(32)29-13-17-31/h4-11,18-20H,2-3,12-17H2,1H3,(H,29,32). The van der Waals surface area contributed by atoms with Crippen molar-refractivity contribution in [2.45, 2.75) is 32.2 Å². The molecule has 0 aromatic heterocycles. The maximum absolute atomic E-state index is 13.0. The maximum atomic E-state index is 13.0. The van der Waals surface area contributed by atoms with Crippen LogP contribution in [0.2, 0.25) is 0 Å². The quantitative estimate of drug-likeness (QED) is 0.643. The van der Waals surface area contributed by atoms with Crippen LogP contribution in [0.15, 0.2) is 60.7 Å². The molecule has 2 aliphatic heterocycles. The molecule has 2 heterocycles. The van der Waals surface area contributed by atoms with Crippen molar-refractivity contribution in [3.05, 3.63) is 71.8 Å². The lowest BCUT2D eigenvalue weighted by Gasteiger charge is -2.24. The molecule has 0 bridgehead atoms. The summed E-state index contributed by atoms with van der Waals surface area (Å²) in [7, 11) is 0. The third-order valence-corrected chi connectivity index (χ3v) is 7.10. The highest BCUT2D eigenvalue weighted by molar-refractivity contribution is 5.99. The fourth-order valence-corrected chi connectivity index (χ4v) is 5.00. The molecule has 3 aromatic rings. The molecule has 170 valence electrons. The van der Waals surface area contributed by atoms with E-state index in [2.05, 4.69) is 59.6 Å². The number of likely N-dealkylation sites (tertiary alicyclic amines) is 1. The van der Waals surface area contributed by atoms with E-state index in [0.717, 1.165) is 10.8 Å². The Morgan fingerprint density at radius 3 is 2.33 bits per heavy atom. The Hall–Kier alpha value is -3.18. The van der Waals surface area contributed by atoms with Crippen LogP contribution in [0.3, 0.4) is 0 Å². The van der Waals surface area contributed by atoms with Crippen LogP contribution in [0.1, 0.15) is 48.1 Å². The zero-order valence-corrected chi connectivity index (χ0v) is 19.2. The van der Waals surface area contributed by atoms with Gasteiger partial charge in [0.1, 0.15) is 0 Å². The lowest BCUT2D eigenvalue weighted by atomic mass is 9.97. The number of amides is 2. The highest BCUT2D eigenvalue weighted by Gasteiger charge is 2.21. The Balaban J connectivity index is 1.33. The fourth-order valence-electron chi connectivity index (χ4n) is 5.00. The van der Waals surface area contributed by atoms with Gasteiger partial charge in [-0.1, -0.05) is 42.5 Å². The number of carbonyl (C=O) groups excluding carboxylic acids is 2. The van der Waals surface area contributed by atoms with Gasteiger partial charge >= 0.3 is 0 Å². The number of benzene rings is 3. The average Bonchev–Trinajstić information content (AvgIpc) is 3.31. The van der Waals surface area contributed by atoms with Crippen LogP contribution < -0.4 is 5.32 Å². The Labute approximate surface area is 195 Å². The molecule has 2 fully saturated rings. The molecule has 2 saturated heterocycles. The van der Waals surface area contributed by atoms with Crippen LogP contribution in [0.5, 0.6) is 0 Å². The van der Waals surface area contributed by atoms with Gasteiger partial charge in [0.2, 0.25) is 5.91 Å². The first-order valence-corrected chi connectivity index (χ1v) is 12.0. The molecule has 5 heteroatoms. The van der Waals surface area contributed by atoms with Gasteiger partial charge in [-0.3, -0.25) is 14.5 Å². The van der Waals surface area contributed by atoms with Gasteiger partial charge < -0.3 is 10.2 Å². The molecule has 2 aliphatic rings. The molecular formula is C28H31N3O2. The molecule has 5 rings (SSSR count). The third kappa shape index (κ3) is 4.64. The van der Waals surface area contributed by atoms with E-state index < -0.39 is 0 Å². The van der Waals surface area contributed by atoms with E-state index in [1.54, 1.807) is 4.90 Å². The molecule has 0 aliphatic carbocycles. The van der Waals surface area contributed by atoms with Gasteiger partial charge in [-0.15, -0.1) is 0 Å². The van der Waals surface area contributed by atoms with E-state index in [0.29, 0.717) is 37.7 Å². The smallest absolute Gasteiger partial charge is 0.253 e. The normalized spacial score (nSPS) is 18.2. The van der Waals surface area contributed by atoms with E-state index in [1.807, 2.05) is 18.2 Å². The van der Waals surface area contributed by atoms with Crippen LogP contribution in [0.25, 0.3) is 21.9 Å². The second kappa shape index (κ2) is 9.36. The van der Waals surface area contributed by atoms with Crippen molar-refractivity contribution >= 4 is 22.6 Å². The second-order valence-corrected chi connectivity index (χ2v) is 9.21. The summed E-state index contributed by atoms with van der Waals surface area (Å²) < 4.78 is 0. The zero-order chi connectivity index (χ0) is 22.8. The molecule has 1 atom stereocenters. The summed E-state index contributed by atoms with van der Waals surface area (Å²) in [6.07, 6.45) is 2.97. The predicted octanol–water partition coefficient (Wildman–Crippen LogP) is 4.63. The van der Waals surface area contributed by atoms with Gasteiger partial charge in [0.15, 0.2) is 0 Å². The fraction of sp³-hybridized carbons (Fsp3) is 0.357. The van der Waals surface area contributed by atoms with Crippen molar-refractivity contribution < 1.29 is 9.59 Å². The molecule has 1 unspecified atom stereocenters. The Kier molecular flexibility index (Phi) is 6.14. The summed E-state index contributed by atoms with van der Waals surface area (Å²) in [5.41, 5.74) is 4.43. The molecule has 2 amide bonds. The molecule has 33 heavy (non-hydrogen) atoms. The maximum Gasteiger partial charge on any atom is 0.253 e. The zero-order valence-electron chi connectivity index (χ0n) is 19.2. The van der Waals surface area contributed by atoms with Crippen LogP contribution in [0.4, 0.5) is 0 Å². The lowest BCUT2D eigenvalue weighted by Crippen LogP contribution is -2.34. The Bertz CT molecular complexity index is 1170. The van der Waals surface area contributed by atoms with E-state index in [-0.39, 0.29) is 11.8 Å². The third-order valence-electron chi connectivity index (χ3n) is 7.10. The number of hydrogen-bond donors (Lipinski definition) is 1. The summed E-state index contributed by atoms with van der Waals surface area (Å²) in [6, 6.07) is 21.7. The van der Waals surface area contributed by atoms with Crippen LogP contribution in [-0.2, 0) is 4.79 Å². The number of rotatable bonds is 4. The second-order valence-electron chi connectivity index (χ2n) is 9.21. The number of carbonyl (C=O) groups is 2. The molecular weight excluding hydrogens is 410 g/mol. The molecule has 0 saturated carbocycles. The first-order chi connectivity index (χ1) is 16.1. The van der Waals surface area contributed by atoms with Crippen molar-refractivity contribution in [1.29, 1.82) is 0 Å². The Morgan fingerprint density at radius 2 is 1.55 bits per heavy atom. The molecule has 0 spiro atoms. The van der Waals surface area contributed by atoms with Crippen LogP contribution >= 0.6 is 0 Å².